The Morgan fingerprint density at radius 1 is 1.56 bits per heavy atom. The van der Waals surface area contributed by atoms with Gasteiger partial charge in [0.2, 0.25) is 17.7 Å². The molecule has 0 aromatic rings. The van der Waals surface area contributed by atoms with Crippen LogP contribution in [0.5, 0.6) is 0 Å². The second-order valence-corrected chi connectivity index (χ2v) is 3.97. The summed E-state index contributed by atoms with van der Waals surface area (Å²) in [5.74, 6) is -1.25. The van der Waals surface area contributed by atoms with Gasteiger partial charge in [-0.05, 0) is 20.8 Å². The molecular weight excluding hydrogens is 212 g/mol. The van der Waals surface area contributed by atoms with Crippen LogP contribution in [0.3, 0.4) is 0 Å². The molecule has 1 aliphatic heterocycles. The van der Waals surface area contributed by atoms with Crippen LogP contribution in [0.25, 0.3) is 0 Å². The highest BCUT2D eigenvalue weighted by molar-refractivity contribution is 6.04. The molecule has 3 amide bonds. The summed E-state index contributed by atoms with van der Waals surface area (Å²) in [6, 6.07) is -0.624. The Morgan fingerprint density at radius 2 is 2.19 bits per heavy atom. The van der Waals surface area contributed by atoms with E-state index in [9.17, 15) is 14.4 Å². The molecular formula is C10H16N2O4. The normalized spacial score (nSPS) is 21.2. The van der Waals surface area contributed by atoms with Gasteiger partial charge in [0.05, 0.1) is 6.10 Å². The number of nitrogens with zero attached hydrogens (tertiary/aromatic N) is 1. The number of rotatable bonds is 3. The minimum absolute atomic E-state index is 0.0615. The summed E-state index contributed by atoms with van der Waals surface area (Å²) < 4.78 is 5.14. The maximum absolute atomic E-state index is 11.7. The van der Waals surface area contributed by atoms with Gasteiger partial charge in [0, 0.05) is 0 Å². The minimum atomic E-state index is -0.624. The van der Waals surface area contributed by atoms with Crippen LogP contribution < -0.4 is 5.32 Å². The molecule has 0 aromatic heterocycles. The summed E-state index contributed by atoms with van der Waals surface area (Å²) in [6.07, 6.45) is -0.0615. The first-order valence-corrected chi connectivity index (χ1v) is 5.16. The third-order valence-electron chi connectivity index (χ3n) is 2.28. The van der Waals surface area contributed by atoms with Crippen molar-refractivity contribution in [2.75, 3.05) is 13.2 Å². The van der Waals surface area contributed by atoms with Crippen LogP contribution in [-0.4, -0.2) is 47.9 Å². The van der Waals surface area contributed by atoms with Gasteiger partial charge in [0.1, 0.15) is 19.2 Å². The first kappa shape index (κ1) is 12.6. The van der Waals surface area contributed by atoms with Crippen LogP contribution in [0.4, 0.5) is 0 Å². The van der Waals surface area contributed by atoms with Crippen molar-refractivity contribution in [3.63, 3.8) is 0 Å². The van der Waals surface area contributed by atoms with Gasteiger partial charge >= 0.3 is 0 Å². The molecule has 1 saturated heterocycles. The summed E-state index contributed by atoms with van der Waals surface area (Å²) in [4.78, 5) is 35.3. The number of hydrogen-bond acceptors (Lipinski definition) is 4. The summed E-state index contributed by atoms with van der Waals surface area (Å²) in [7, 11) is 0. The monoisotopic (exact) mass is 228 g/mol. The molecule has 0 saturated carbocycles. The molecule has 0 aliphatic carbocycles. The van der Waals surface area contributed by atoms with Gasteiger partial charge in [-0.15, -0.1) is 0 Å². The maximum atomic E-state index is 11.7. The van der Waals surface area contributed by atoms with E-state index >= 15 is 0 Å². The Bertz CT molecular complexity index is 314. The van der Waals surface area contributed by atoms with Crippen molar-refractivity contribution in [2.24, 2.45) is 0 Å². The molecule has 16 heavy (non-hydrogen) atoms. The molecule has 90 valence electrons. The minimum Gasteiger partial charge on any atom is -0.369 e. The molecule has 1 fully saturated rings. The Hall–Kier alpha value is -1.43. The van der Waals surface area contributed by atoms with E-state index in [1.165, 1.54) is 4.90 Å². The van der Waals surface area contributed by atoms with Crippen molar-refractivity contribution in [3.8, 4) is 0 Å². The van der Waals surface area contributed by atoms with Gasteiger partial charge in [-0.1, -0.05) is 0 Å². The van der Waals surface area contributed by atoms with Crippen LogP contribution in [-0.2, 0) is 19.1 Å². The Balaban J connectivity index is 2.59. The fourth-order valence-corrected chi connectivity index (χ4v) is 1.34. The molecule has 1 N–H and O–H groups in total. The zero-order valence-electron chi connectivity index (χ0n) is 9.65. The fourth-order valence-electron chi connectivity index (χ4n) is 1.34. The lowest BCUT2D eigenvalue weighted by atomic mass is 10.2. The van der Waals surface area contributed by atoms with Gasteiger partial charge in [-0.2, -0.15) is 0 Å². The molecule has 0 spiro atoms. The van der Waals surface area contributed by atoms with E-state index in [2.05, 4.69) is 5.32 Å². The topological polar surface area (TPSA) is 75.7 Å². The van der Waals surface area contributed by atoms with Gasteiger partial charge < -0.3 is 9.64 Å². The predicted octanol–water partition coefficient (Wildman–Crippen LogP) is -0.715. The summed E-state index contributed by atoms with van der Waals surface area (Å²) in [5.41, 5.74) is 0. The number of amides is 3. The van der Waals surface area contributed by atoms with Gasteiger partial charge in [0.15, 0.2) is 0 Å². The molecule has 6 heteroatoms. The van der Waals surface area contributed by atoms with E-state index in [1.54, 1.807) is 6.92 Å². The number of carbonyl (C=O) groups excluding carboxylic acids is 3. The highest BCUT2D eigenvalue weighted by Crippen LogP contribution is 2.05. The van der Waals surface area contributed by atoms with Gasteiger partial charge in [-0.3, -0.25) is 19.7 Å². The van der Waals surface area contributed by atoms with Crippen molar-refractivity contribution < 1.29 is 19.1 Å². The highest BCUT2D eigenvalue weighted by Gasteiger charge is 2.33. The number of nitrogens with one attached hydrogen (secondary N) is 1. The van der Waals surface area contributed by atoms with E-state index in [-0.39, 0.29) is 25.2 Å². The molecule has 1 aliphatic rings. The molecule has 0 bridgehead atoms. The number of piperazine rings is 1. The van der Waals surface area contributed by atoms with E-state index in [1.807, 2.05) is 13.8 Å². The summed E-state index contributed by atoms with van der Waals surface area (Å²) >= 11 is 0. The van der Waals surface area contributed by atoms with Crippen molar-refractivity contribution in [1.82, 2.24) is 10.2 Å². The summed E-state index contributed by atoms with van der Waals surface area (Å²) in [6.45, 7) is 5.00. The van der Waals surface area contributed by atoms with Crippen LogP contribution in [0.2, 0.25) is 0 Å². The van der Waals surface area contributed by atoms with Crippen LogP contribution in [0.1, 0.15) is 20.8 Å². The van der Waals surface area contributed by atoms with Gasteiger partial charge in [-0.25, -0.2) is 0 Å². The SMILES string of the molecule is CC(C)OCC(=O)N1CC(=O)NC(=O)C1C. The molecule has 1 atom stereocenters. The molecule has 1 rings (SSSR count). The first-order chi connectivity index (χ1) is 7.41. The van der Waals surface area contributed by atoms with Crippen LogP contribution >= 0.6 is 0 Å². The van der Waals surface area contributed by atoms with Crippen molar-refractivity contribution in [3.05, 3.63) is 0 Å². The predicted molar refractivity (Wildman–Crippen MR) is 55.4 cm³/mol. The molecule has 1 unspecified atom stereocenters. The summed E-state index contributed by atoms with van der Waals surface area (Å²) in [5, 5.41) is 2.17. The molecule has 6 nitrogen and oxygen atoms in total. The Kier molecular flexibility index (Phi) is 4.00. The highest BCUT2D eigenvalue weighted by atomic mass is 16.5. The Labute approximate surface area is 93.9 Å². The van der Waals surface area contributed by atoms with Gasteiger partial charge in [0.25, 0.3) is 0 Å². The second-order valence-electron chi connectivity index (χ2n) is 3.97. The Morgan fingerprint density at radius 3 is 2.75 bits per heavy atom. The van der Waals surface area contributed by atoms with E-state index in [4.69, 9.17) is 4.74 Å². The van der Waals surface area contributed by atoms with E-state index < -0.39 is 17.9 Å². The van der Waals surface area contributed by atoms with Crippen LogP contribution in [0, 0.1) is 0 Å². The smallest absolute Gasteiger partial charge is 0.249 e. The average molecular weight is 228 g/mol. The average Bonchev–Trinajstić information content (AvgIpc) is 2.19. The molecule has 1 heterocycles. The number of hydrogen-bond donors (Lipinski definition) is 1. The standard InChI is InChI=1S/C10H16N2O4/c1-6(2)16-5-9(14)12-4-8(13)11-10(15)7(12)3/h6-7H,4-5H2,1-3H3,(H,11,13,15). The maximum Gasteiger partial charge on any atom is 0.249 e. The zero-order valence-corrected chi connectivity index (χ0v) is 9.65. The number of carbonyl (C=O) groups is 3. The lowest BCUT2D eigenvalue weighted by Gasteiger charge is -2.31. The number of imide groups is 1. The third kappa shape index (κ3) is 3.03. The lowest BCUT2D eigenvalue weighted by molar-refractivity contribution is -0.152. The van der Waals surface area contributed by atoms with Crippen molar-refractivity contribution >= 4 is 17.7 Å². The zero-order chi connectivity index (χ0) is 12.3. The van der Waals surface area contributed by atoms with Crippen LogP contribution in [0.15, 0.2) is 0 Å². The molecule has 0 radical (unpaired) electrons. The van der Waals surface area contributed by atoms with Crippen molar-refractivity contribution in [2.45, 2.75) is 32.9 Å². The fraction of sp³-hybridized carbons (Fsp3) is 0.700. The third-order valence-corrected chi connectivity index (χ3v) is 2.28. The quantitative estimate of drug-likeness (QED) is 0.647. The first-order valence-electron chi connectivity index (χ1n) is 5.16. The van der Waals surface area contributed by atoms with E-state index in [0.29, 0.717) is 0 Å². The molecule has 0 aromatic carbocycles. The van der Waals surface area contributed by atoms with Crippen molar-refractivity contribution in [1.29, 1.82) is 0 Å². The second kappa shape index (κ2) is 5.07. The number of ether oxygens (including phenoxy) is 1. The van der Waals surface area contributed by atoms with E-state index in [0.717, 1.165) is 0 Å². The largest absolute Gasteiger partial charge is 0.369 e. The lowest BCUT2D eigenvalue weighted by Crippen LogP contribution is -2.59.